The first-order valence-electron chi connectivity index (χ1n) is 13.9. The molecule has 4 atom stereocenters. The number of Topliss-reactive ketones (excluding diaryl/α,β-unsaturated/α-hetero) is 1. The highest BCUT2D eigenvalue weighted by molar-refractivity contribution is 6.09. The summed E-state index contributed by atoms with van der Waals surface area (Å²) in [6.07, 6.45) is 11.9. The number of hydrogen-bond acceptors (Lipinski definition) is 9. The van der Waals surface area contributed by atoms with E-state index in [1.807, 2.05) is 0 Å². The third-order valence-electron chi connectivity index (χ3n) is 6.83. The second-order valence-corrected chi connectivity index (χ2v) is 10.1. The number of nitrogens with zero attached hydrogens (tertiary/aromatic N) is 2. The Balaban J connectivity index is 2.25. The number of ketones is 1. The van der Waals surface area contributed by atoms with Crippen LogP contribution in [-0.4, -0.2) is 72.3 Å². The summed E-state index contributed by atoms with van der Waals surface area (Å²) in [6, 6.07) is 0. The summed E-state index contributed by atoms with van der Waals surface area (Å²) in [7, 11) is 0. The third kappa shape index (κ3) is 10.6. The minimum absolute atomic E-state index is 0.0444. The SMILES string of the molecule is CCCCCCCCCCCCCCCCCC(=O)N1OON1C(=O)[C@@](O)(C(C)=O)[C@@H](O)[C@H](O)[C@@H](C)O. The van der Waals surface area contributed by atoms with E-state index in [4.69, 9.17) is 0 Å². The molecular formula is C26H48N2O9. The first-order valence-corrected chi connectivity index (χ1v) is 13.9. The van der Waals surface area contributed by atoms with E-state index >= 15 is 0 Å². The molecule has 1 heterocycles. The molecule has 1 rings (SSSR count). The summed E-state index contributed by atoms with van der Waals surface area (Å²) >= 11 is 0. The van der Waals surface area contributed by atoms with Gasteiger partial charge in [0, 0.05) is 6.42 Å². The Morgan fingerprint density at radius 3 is 1.49 bits per heavy atom. The van der Waals surface area contributed by atoms with Crippen molar-refractivity contribution in [1.82, 2.24) is 10.3 Å². The molecule has 1 fully saturated rings. The number of hydroxylamine groups is 2. The lowest BCUT2D eigenvalue weighted by atomic mass is 9.86. The molecule has 0 saturated carbocycles. The Bertz CT molecular complexity index is 691. The number of aliphatic hydroxyl groups is 4. The Morgan fingerprint density at radius 2 is 1.14 bits per heavy atom. The van der Waals surface area contributed by atoms with Crippen LogP contribution < -0.4 is 0 Å². The number of amides is 2. The average molecular weight is 533 g/mol. The highest BCUT2D eigenvalue weighted by Crippen LogP contribution is 2.26. The first-order chi connectivity index (χ1) is 17.6. The van der Waals surface area contributed by atoms with Crippen LogP contribution in [0.15, 0.2) is 0 Å². The van der Waals surface area contributed by atoms with Gasteiger partial charge < -0.3 is 20.4 Å². The largest absolute Gasteiger partial charge is 0.391 e. The molecule has 0 radical (unpaired) electrons. The fourth-order valence-corrected chi connectivity index (χ4v) is 4.24. The maximum absolute atomic E-state index is 12.7. The van der Waals surface area contributed by atoms with Gasteiger partial charge in [0.1, 0.15) is 12.2 Å². The molecule has 0 aromatic carbocycles. The molecule has 1 saturated heterocycles. The van der Waals surface area contributed by atoms with Crippen LogP contribution in [0.4, 0.5) is 0 Å². The van der Waals surface area contributed by atoms with Gasteiger partial charge in [-0.15, -0.1) is 0 Å². The van der Waals surface area contributed by atoms with Gasteiger partial charge in [0.05, 0.1) is 6.10 Å². The smallest absolute Gasteiger partial charge is 0.314 e. The van der Waals surface area contributed by atoms with Crippen molar-refractivity contribution in [3.8, 4) is 0 Å². The summed E-state index contributed by atoms with van der Waals surface area (Å²) in [5, 5.41) is 40.7. The molecule has 0 aliphatic carbocycles. The average Bonchev–Trinajstić information content (AvgIpc) is 2.83. The highest BCUT2D eigenvalue weighted by atomic mass is 17.4. The Hall–Kier alpha value is -1.63. The molecule has 37 heavy (non-hydrogen) atoms. The predicted molar refractivity (Wildman–Crippen MR) is 135 cm³/mol. The summed E-state index contributed by atoms with van der Waals surface area (Å²) in [4.78, 5) is 46.1. The van der Waals surface area contributed by atoms with E-state index in [0.29, 0.717) is 11.6 Å². The van der Waals surface area contributed by atoms with Gasteiger partial charge in [0.15, 0.2) is 5.78 Å². The third-order valence-corrected chi connectivity index (χ3v) is 6.83. The van der Waals surface area contributed by atoms with Gasteiger partial charge in [-0.25, -0.2) is 0 Å². The molecule has 11 nitrogen and oxygen atoms in total. The van der Waals surface area contributed by atoms with Crippen molar-refractivity contribution in [3.05, 3.63) is 0 Å². The minimum Gasteiger partial charge on any atom is -0.391 e. The normalized spacial score (nSPS) is 17.6. The van der Waals surface area contributed by atoms with Crippen LogP contribution in [0, 0.1) is 0 Å². The Morgan fingerprint density at radius 1 is 0.730 bits per heavy atom. The molecule has 216 valence electrons. The highest BCUT2D eigenvalue weighted by Gasteiger charge is 2.58. The van der Waals surface area contributed by atoms with Crippen LogP contribution in [-0.2, 0) is 24.4 Å². The summed E-state index contributed by atoms with van der Waals surface area (Å²) in [6.45, 7) is 4.16. The zero-order chi connectivity index (χ0) is 27.8. The predicted octanol–water partition coefficient (Wildman–Crippen LogP) is 3.03. The number of carbonyl (C=O) groups is 3. The van der Waals surface area contributed by atoms with Gasteiger partial charge in [-0.2, -0.15) is 0 Å². The van der Waals surface area contributed by atoms with E-state index in [-0.39, 0.29) is 11.6 Å². The van der Waals surface area contributed by atoms with Gasteiger partial charge >= 0.3 is 5.91 Å². The lowest BCUT2D eigenvalue weighted by molar-refractivity contribution is -0.682. The number of carbonyl (C=O) groups excluding carboxylic acids is 3. The molecule has 4 N–H and O–H groups in total. The maximum Gasteiger partial charge on any atom is 0.314 e. The van der Waals surface area contributed by atoms with E-state index in [1.165, 1.54) is 70.6 Å². The topological polar surface area (TPSA) is 157 Å². The van der Waals surface area contributed by atoms with E-state index in [0.717, 1.165) is 33.1 Å². The van der Waals surface area contributed by atoms with E-state index in [9.17, 15) is 34.8 Å². The Labute approximate surface area is 220 Å². The second kappa shape index (κ2) is 17.8. The maximum atomic E-state index is 12.7. The van der Waals surface area contributed by atoms with Crippen molar-refractivity contribution >= 4 is 17.6 Å². The molecular weight excluding hydrogens is 484 g/mol. The van der Waals surface area contributed by atoms with Crippen LogP contribution in [0.1, 0.15) is 124 Å². The van der Waals surface area contributed by atoms with E-state index in [1.54, 1.807) is 0 Å². The summed E-state index contributed by atoms with van der Waals surface area (Å²) in [5.41, 5.74) is -3.16. The number of aliphatic hydroxyl groups excluding tert-OH is 3. The number of hydrazine groups is 1. The van der Waals surface area contributed by atoms with Crippen molar-refractivity contribution in [2.75, 3.05) is 0 Å². The van der Waals surface area contributed by atoms with Crippen LogP contribution in [0.5, 0.6) is 0 Å². The molecule has 1 aliphatic heterocycles. The zero-order valence-corrected chi connectivity index (χ0v) is 22.8. The summed E-state index contributed by atoms with van der Waals surface area (Å²) in [5.74, 6) is -3.37. The van der Waals surface area contributed by atoms with Crippen molar-refractivity contribution in [3.63, 3.8) is 0 Å². The standard InChI is InChI=1S/C26H48N2O9/c1-4-5-6-7-8-9-10-11-12-13-14-15-16-17-18-19-22(31)27-28(37-36-27)25(34)26(35,21(3)30)24(33)23(32)20(2)29/h20,23-24,29,32-33,35H,4-19H2,1-3H3/t20-,23-,24+,26-/m1/s1. The van der Waals surface area contributed by atoms with Crippen molar-refractivity contribution in [1.29, 1.82) is 0 Å². The second-order valence-electron chi connectivity index (χ2n) is 10.1. The van der Waals surface area contributed by atoms with Gasteiger partial charge in [-0.3, -0.25) is 14.4 Å². The molecule has 1 aliphatic rings. The van der Waals surface area contributed by atoms with Crippen LogP contribution >= 0.6 is 0 Å². The fraction of sp³-hybridized carbons (Fsp3) is 0.885. The van der Waals surface area contributed by atoms with Gasteiger partial charge in [-0.05, 0) is 20.3 Å². The Kier molecular flexibility index (Phi) is 16.1. The molecule has 0 spiro atoms. The lowest BCUT2D eigenvalue weighted by Crippen LogP contribution is -2.70. The first kappa shape index (κ1) is 33.4. The number of unbranched alkanes of at least 4 members (excludes halogenated alkanes) is 14. The van der Waals surface area contributed by atoms with Gasteiger partial charge in [-0.1, -0.05) is 117 Å². The fourth-order valence-electron chi connectivity index (χ4n) is 4.24. The number of hydrogen-bond donors (Lipinski definition) is 4. The van der Waals surface area contributed by atoms with Crippen molar-refractivity contribution in [2.45, 2.75) is 147 Å². The lowest BCUT2D eigenvalue weighted by Gasteiger charge is -2.42. The molecule has 0 aromatic heterocycles. The van der Waals surface area contributed by atoms with Crippen LogP contribution in [0.3, 0.4) is 0 Å². The van der Waals surface area contributed by atoms with Crippen LogP contribution in [0.25, 0.3) is 0 Å². The number of rotatable bonds is 21. The van der Waals surface area contributed by atoms with Gasteiger partial charge in [0.25, 0.3) is 5.91 Å². The quantitative estimate of drug-likeness (QED) is 0.0990. The van der Waals surface area contributed by atoms with E-state index < -0.39 is 41.5 Å². The van der Waals surface area contributed by atoms with Crippen molar-refractivity contribution in [2.24, 2.45) is 0 Å². The monoisotopic (exact) mass is 532 g/mol. The minimum atomic E-state index is -3.16. The van der Waals surface area contributed by atoms with Crippen molar-refractivity contribution < 1.29 is 44.8 Å². The molecule has 0 bridgehead atoms. The zero-order valence-electron chi connectivity index (χ0n) is 22.8. The molecule has 0 unspecified atom stereocenters. The van der Waals surface area contributed by atoms with Gasteiger partial charge in [0.2, 0.25) is 5.60 Å². The summed E-state index contributed by atoms with van der Waals surface area (Å²) < 4.78 is 0. The molecule has 11 heteroatoms. The van der Waals surface area contributed by atoms with E-state index in [2.05, 4.69) is 16.9 Å². The van der Waals surface area contributed by atoms with Crippen LogP contribution in [0.2, 0.25) is 0 Å². The molecule has 2 amide bonds. The molecule has 0 aromatic rings.